The Balaban J connectivity index is 3.19. The van der Waals surface area contributed by atoms with Crippen LogP contribution in [0.4, 0.5) is 4.39 Å². The Morgan fingerprint density at radius 1 is 1.46 bits per heavy atom. The predicted octanol–water partition coefficient (Wildman–Crippen LogP) is 1.49. The third kappa shape index (κ3) is 2.43. The van der Waals surface area contributed by atoms with Crippen LogP contribution in [0.25, 0.3) is 0 Å². The van der Waals surface area contributed by atoms with Gasteiger partial charge in [0.15, 0.2) is 0 Å². The molecule has 2 nitrogen and oxygen atoms in total. The van der Waals surface area contributed by atoms with Crippen LogP contribution in [0.15, 0.2) is 18.2 Å². The number of carbonyl (C=O) groups is 1. The summed E-state index contributed by atoms with van der Waals surface area (Å²) < 4.78 is 13.8. The normalized spacial score (nSPS) is 10.5. The van der Waals surface area contributed by atoms with Gasteiger partial charge in [0, 0.05) is 0 Å². The van der Waals surface area contributed by atoms with Crippen LogP contribution in [-0.4, -0.2) is 30.8 Å². The molecular weight excluding hydrogens is 278 g/mol. The van der Waals surface area contributed by atoms with Gasteiger partial charge in [-0.3, -0.25) is 0 Å². The fraction of sp³-hybridized carbons (Fsp3) is 0.222. The monoisotopic (exact) mass is 289 g/mol. The van der Waals surface area contributed by atoms with Crippen molar-refractivity contribution < 1.29 is 14.3 Å². The summed E-state index contributed by atoms with van der Waals surface area (Å²) in [6.07, 6.45) is 0. The Bertz CT molecular complexity index is 336. The summed E-state index contributed by atoms with van der Waals surface area (Å²) >= 11 is -1.81. The second-order valence-electron chi connectivity index (χ2n) is 3.00. The zero-order chi connectivity index (χ0) is 10.0. The molecule has 0 fully saturated rings. The van der Waals surface area contributed by atoms with Gasteiger partial charge in [0.25, 0.3) is 0 Å². The molecule has 69 valence electrons. The van der Waals surface area contributed by atoms with Crippen LogP contribution in [0.1, 0.15) is 10.4 Å². The van der Waals surface area contributed by atoms with Crippen molar-refractivity contribution in [2.75, 3.05) is 0 Å². The van der Waals surface area contributed by atoms with Crippen molar-refractivity contribution in [2.45, 2.75) is 9.88 Å². The van der Waals surface area contributed by atoms with E-state index in [1.165, 1.54) is 18.2 Å². The second kappa shape index (κ2) is 4.09. The minimum absolute atomic E-state index is 0.179. The van der Waals surface area contributed by atoms with E-state index in [-0.39, 0.29) is 11.4 Å². The van der Waals surface area contributed by atoms with Gasteiger partial charge in [0.2, 0.25) is 0 Å². The molecule has 1 radical (unpaired) electrons. The van der Waals surface area contributed by atoms with Crippen LogP contribution in [0.2, 0.25) is 9.88 Å². The van der Waals surface area contributed by atoms with Gasteiger partial charge < -0.3 is 0 Å². The minimum atomic E-state index is -1.81. The van der Waals surface area contributed by atoms with E-state index >= 15 is 0 Å². The van der Waals surface area contributed by atoms with E-state index in [2.05, 4.69) is 0 Å². The van der Waals surface area contributed by atoms with E-state index in [1.54, 1.807) is 0 Å². The van der Waals surface area contributed by atoms with Gasteiger partial charge in [0.05, 0.1) is 0 Å². The van der Waals surface area contributed by atoms with Crippen LogP contribution < -0.4 is 3.58 Å². The Morgan fingerprint density at radius 2 is 2.08 bits per heavy atom. The molecule has 0 bridgehead atoms. The van der Waals surface area contributed by atoms with E-state index in [4.69, 9.17) is 5.11 Å². The molecule has 0 amide bonds. The zero-order valence-corrected chi connectivity index (χ0v) is 10.3. The maximum absolute atomic E-state index is 13.1. The summed E-state index contributed by atoms with van der Waals surface area (Å²) in [5.41, 5.74) is 0.179. The second-order valence-corrected chi connectivity index (χ2v) is 10.2. The van der Waals surface area contributed by atoms with Gasteiger partial charge in [0.1, 0.15) is 0 Å². The molecular formula is C9H10FO2Sn. The van der Waals surface area contributed by atoms with Crippen LogP contribution >= 0.6 is 0 Å². The number of hydrogen-bond acceptors (Lipinski definition) is 1. The van der Waals surface area contributed by atoms with Crippen LogP contribution in [0.3, 0.4) is 0 Å². The zero-order valence-electron chi connectivity index (χ0n) is 7.47. The van der Waals surface area contributed by atoms with Crippen LogP contribution in [0, 0.1) is 5.82 Å². The van der Waals surface area contributed by atoms with Gasteiger partial charge in [-0.05, 0) is 0 Å². The average molecular weight is 288 g/mol. The summed E-state index contributed by atoms with van der Waals surface area (Å²) in [4.78, 5) is 14.6. The predicted molar refractivity (Wildman–Crippen MR) is 50.5 cm³/mol. The molecule has 0 atom stereocenters. The van der Waals surface area contributed by atoms with Crippen molar-refractivity contribution in [1.82, 2.24) is 0 Å². The molecule has 0 spiro atoms. The van der Waals surface area contributed by atoms with E-state index < -0.39 is 25.7 Å². The van der Waals surface area contributed by atoms with Gasteiger partial charge >= 0.3 is 83.1 Å². The molecule has 0 saturated carbocycles. The molecule has 1 aromatic carbocycles. The number of halogens is 1. The van der Waals surface area contributed by atoms with Crippen molar-refractivity contribution >= 4 is 29.3 Å². The molecule has 0 aliphatic carbocycles. The first kappa shape index (κ1) is 10.5. The Morgan fingerprint density at radius 3 is 2.54 bits per heavy atom. The topological polar surface area (TPSA) is 37.3 Å². The summed E-state index contributed by atoms with van der Waals surface area (Å²) in [5, 5.41) is 8.68. The van der Waals surface area contributed by atoms with Crippen LogP contribution in [-0.2, 0) is 0 Å². The summed E-state index contributed by atoms with van der Waals surface area (Å²) in [7, 11) is 0. The number of carboxylic acid groups (broad SMARTS) is 1. The molecule has 4 heteroatoms. The van der Waals surface area contributed by atoms with Gasteiger partial charge in [-0.15, -0.1) is 0 Å². The van der Waals surface area contributed by atoms with Crippen molar-refractivity contribution in [3.8, 4) is 0 Å². The van der Waals surface area contributed by atoms with Gasteiger partial charge in [-0.25, -0.2) is 0 Å². The molecule has 0 aliphatic heterocycles. The van der Waals surface area contributed by atoms with E-state index in [0.29, 0.717) is 3.58 Å². The fourth-order valence-electron chi connectivity index (χ4n) is 1.04. The molecule has 1 rings (SSSR count). The first-order valence-corrected chi connectivity index (χ1v) is 11.0. The van der Waals surface area contributed by atoms with Crippen molar-refractivity contribution in [2.24, 2.45) is 0 Å². The fourth-order valence-corrected chi connectivity index (χ4v) is 3.91. The molecule has 1 aromatic rings. The molecule has 0 heterocycles. The number of benzene rings is 1. The van der Waals surface area contributed by atoms with Crippen molar-refractivity contribution in [3.63, 3.8) is 0 Å². The summed E-state index contributed by atoms with van der Waals surface area (Å²) in [6.45, 7) is 0. The third-order valence-corrected chi connectivity index (χ3v) is 5.92. The van der Waals surface area contributed by atoms with Crippen molar-refractivity contribution in [1.29, 1.82) is 0 Å². The molecule has 0 aliphatic rings. The SMILES string of the molecule is [CH3][Sn]([CH3])[c]1cc(C(=O)O)ccc1F. The molecule has 0 saturated heterocycles. The Hall–Kier alpha value is -0.581. The number of aromatic carboxylic acids is 1. The molecule has 0 unspecified atom stereocenters. The number of hydrogen-bond donors (Lipinski definition) is 1. The quantitative estimate of drug-likeness (QED) is 0.837. The molecule has 13 heavy (non-hydrogen) atoms. The van der Waals surface area contributed by atoms with Crippen molar-refractivity contribution in [3.05, 3.63) is 29.6 Å². The number of carboxylic acids is 1. The third-order valence-electron chi connectivity index (χ3n) is 1.75. The maximum atomic E-state index is 13.1. The first-order chi connectivity index (χ1) is 6.02. The molecule has 0 aromatic heterocycles. The number of rotatable bonds is 2. The standard InChI is InChI=1S/C7H4FO2.2CH3.Sn/c8-6-3-1-5(2-4-6)7(9)10;;;/h1-3H,(H,9,10);2*1H3;. The summed E-state index contributed by atoms with van der Waals surface area (Å²) in [5.74, 6) is -1.25. The van der Waals surface area contributed by atoms with Gasteiger partial charge in [-0.2, -0.15) is 0 Å². The van der Waals surface area contributed by atoms with E-state index in [1.807, 2.05) is 9.88 Å². The van der Waals surface area contributed by atoms with E-state index in [9.17, 15) is 9.18 Å². The summed E-state index contributed by atoms with van der Waals surface area (Å²) in [6, 6.07) is 4.01. The van der Waals surface area contributed by atoms with E-state index in [0.717, 1.165) is 0 Å². The Labute approximate surface area is 83.1 Å². The molecule has 1 N–H and O–H groups in total. The average Bonchev–Trinajstić information content (AvgIpc) is 2.04. The van der Waals surface area contributed by atoms with Gasteiger partial charge in [-0.1, -0.05) is 0 Å². The Kier molecular flexibility index (Phi) is 3.30. The first-order valence-electron chi connectivity index (χ1n) is 3.85. The van der Waals surface area contributed by atoms with Crippen LogP contribution in [0.5, 0.6) is 0 Å².